The van der Waals surface area contributed by atoms with Crippen molar-refractivity contribution in [2.24, 2.45) is 0 Å². The molecule has 0 bridgehead atoms. The normalized spacial score (nSPS) is 19.0. The Morgan fingerprint density at radius 1 is 1.24 bits per heavy atom. The first kappa shape index (κ1) is 16.0. The summed E-state index contributed by atoms with van der Waals surface area (Å²) in [6.07, 6.45) is 1.48. The molecule has 0 radical (unpaired) electrons. The highest BCUT2D eigenvalue weighted by molar-refractivity contribution is 5.81. The van der Waals surface area contributed by atoms with Gasteiger partial charge in [-0.05, 0) is 18.9 Å². The molecule has 1 heterocycles. The van der Waals surface area contributed by atoms with Gasteiger partial charge < -0.3 is 10.1 Å². The van der Waals surface area contributed by atoms with E-state index in [0.717, 1.165) is 32.6 Å². The molecule has 1 aromatic rings. The highest BCUT2D eigenvalue weighted by Gasteiger charge is 2.44. The Labute approximate surface area is 127 Å². The smallest absolute Gasteiger partial charge is 0.326 e. The van der Waals surface area contributed by atoms with Crippen LogP contribution in [0.25, 0.3) is 0 Å². The van der Waals surface area contributed by atoms with Crippen LogP contribution in [0.2, 0.25) is 0 Å². The number of hydrogen-bond donors (Lipinski definition) is 1. The second-order valence-electron chi connectivity index (χ2n) is 5.51. The Kier molecular flexibility index (Phi) is 5.76. The molecular formula is C17H26N2O2. The number of benzene rings is 1. The van der Waals surface area contributed by atoms with Crippen molar-refractivity contribution in [3.63, 3.8) is 0 Å². The molecule has 4 nitrogen and oxygen atoms in total. The van der Waals surface area contributed by atoms with E-state index in [1.807, 2.05) is 25.1 Å². The van der Waals surface area contributed by atoms with E-state index in [0.29, 0.717) is 13.0 Å². The number of nitrogens with zero attached hydrogens (tertiary/aromatic N) is 1. The van der Waals surface area contributed by atoms with Crippen molar-refractivity contribution in [3.8, 4) is 0 Å². The van der Waals surface area contributed by atoms with Crippen LogP contribution in [0.4, 0.5) is 0 Å². The van der Waals surface area contributed by atoms with Gasteiger partial charge in [0, 0.05) is 32.6 Å². The molecule has 1 unspecified atom stereocenters. The van der Waals surface area contributed by atoms with Crippen LogP contribution in [0.1, 0.15) is 25.8 Å². The minimum Gasteiger partial charge on any atom is -0.465 e. The van der Waals surface area contributed by atoms with Crippen molar-refractivity contribution in [1.82, 2.24) is 10.2 Å². The molecule has 0 amide bonds. The van der Waals surface area contributed by atoms with Crippen molar-refractivity contribution in [2.45, 2.75) is 32.2 Å². The number of esters is 1. The van der Waals surface area contributed by atoms with Crippen molar-refractivity contribution in [3.05, 3.63) is 35.9 Å². The summed E-state index contributed by atoms with van der Waals surface area (Å²) >= 11 is 0. The summed E-state index contributed by atoms with van der Waals surface area (Å²) in [4.78, 5) is 15.0. The molecule has 1 saturated heterocycles. The fourth-order valence-corrected chi connectivity index (χ4v) is 3.10. The molecule has 0 spiro atoms. The maximum Gasteiger partial charge on any atom is 0.326 e. The zero-order valence-corrected chi connectivity index (χ0v) is 13.1. The molecule has 4 heteroatoms. The highest BCUT2D eigenvalue weighted by atomic mass is 16.5. The standard InChI is InChI=1S/C17H26N2O2/c1-3-17(16(20)21-4-2,19-12-10-18-11-13-19)14-15-8-6-5-7-9-15/h5-9,18H,3-4,10-14H2,1-2H3. The second kappa shape index (κ2) is 7.57. The van der Waals surface area contributed by atoms with E-state index in [1.54, 1.807) is 0 Å². The lowest BCUT2D eigenvalue weighted by atomic mass is 9.85. The lowest BCUT2D eigenvalue weighted by Crippen LogP contribution is -2.61. The third-order valence-electron chi connectivity index (χ3n) is 4.30. The maximum atomic E-state index is 12.7. The van der Waals surface area contributed by atoms with E-state index in [9.17, 15) is 4.79 Å². The molecule has 116 valence electrons. The summed E-state index contributed by atoms with van der Waals surface area (Å²) in [5, 5.41) is 3.35. The van der Waals surface area contributed by atoms with Crippen molar-refractivity contribution in [2.75, 3.05) is 32.8 Å². The molecule has 1 atom stereocenters. The van der Waals surface area contributed by atoms with Gasteiger partial charge in [-0.2, -0.15) is 0 Å². The SMILES string of the molecule is CCOC(=O)C(CC)(Cc1ccccc1)N1CCNCC1. The van der Waals surface area contributed by atoms with Gasteiger partial charge in [0.15, 0.2) is 0 Å². The average Bonchev–Trinajstić information content (AvgIpc) is 2.54. The van der Waals surface area contributed by atoms with Gasteiger partial charge in [0.25, 0.3) is 0 Å². The molecule has 0 saturated carbocycles. The molecule has 1 N–H and O–H groups in total. The number of hydrogen-bond acceptors (Lipinski definition) is 4. The molecule has 0 aliphatic carbocycles. The Bertz CT molecular complexity index is 443. The predicted molar refractivity (Wildman–Crippen MR) is 84.2 cm³/mol. The van der Waals surface area contributed by atoms with Crippen LogP contribution in [0, 0.1) is 0 Å². The molecule has 0 aromatic heterocycles. The lowest BCUT2D eigenvalue weighted by Gasteiger charge is -2.43. The third-order valence-corrected chi connectivity index (χ3v) is 4.30. The summed E-state index contributed by atoms with van der Waals surface area (Å²) < 4.78 is 5.42. The largest absolute Gasteiger partial charge is 0.465 e. The summed E-state index contributed by atoms with van der Waals surface area (Å²) in [6, 6.07) is 10.2. The molecule has 21 heavy (non-hydrogen) atoms. The fourth-order valence-electron chi connectivity index (χ4n) is 3.10. The fraction of sp³-hybridized carbons (Fsp3) is 0.588. The van der Waals surface area contributed by atoms with Gasteiger partial charge in [-0.3, -0.25) is 9.69 Å². The minimum atomic E-state index is -0.542. The van der Waals surface area contributed by atoms with Gasteiger partial charge in [0.05, 0.1) is 6.61 Å². The van der Waals surface area contributed by atoms with Crippen LogP contribution in [-0.4, -0.2) is 49.2 Å². The maximum absolute atomic E-state index is 12.7. The van der Waals surface area contributed by atoms with Gasteiger partial charge in [-0.1, -0.05) is 37.3 Å². The number of piperazine rings is 1. The summed E-state index contributed by atoms with van der Waals surface area (Å²) in [6.45, 7) is 8.02. The van der Waals surface area contributed by atoms with Crippen molar-refractivity contribution >= 4 is 5.97 Å². The van der Waals surface area contributed by atoms with Crippen LogP contribution in [0.15, 0.2) is 30.3 Å². The quantitative estimate of drug-likeness (QED) is 0.812. The van der Waals surface area contributed by atoms with Gasteiger partial charge in [-0.25, -0.2) is 0 Å². The first-order chi connectivity index (χ1) is 10.2. The van der Waals surface area contributed by atoms with Crippen LogP contribution >= 0.6 is 0 Å². The first-order valence-electron chi connectivity index (χ1n) is 7.90. The molecular weight excluding hydrogens is 264 g/mol. The van der Waals surface area contributed by atoms with E-state index in [4.69, 9.17) is 4.74 Å². The summed E-state index contributed by atoms with van der Waals surface area (Å²) in [5.41, 5.74) is 0.644. The van der Waals surface area contributed by atoms with Crippen LogP contribution < -0.4 is 5.32 Å². The molecule has 1 aliphatic heterocycles. The first-order valence-corrected chi connectivity index (χ1v) is 7.90. The number of nitrogens with one attached hydrogen (secondary N) is 1. The molecule has 1 aromatic carbocycles. The second-order valence-corrected chi connectivity index (χ2v) is 5.51. The highest BCUT2D eigenvalue weighted by Crippen LogP contribution is 2.27. The minimum absolute atomic E-state index is 0.0850. The number of carbonyl (C=O) groups is 1. The van der Waals surface area contributed by atoms with Gasteiger partial charge >= 0.3 is 5.97 Å². The Balaban J connectivity index is 2.28. The molecule has 1 fully saturated rings. The van der Waals surface area contributed by atoms with Crippen LogP contribution in [0.5, 0.6) is 0 Å². The van der Waals surface area contributed by atoms with Gasteiger partial charge in [0.1, 0.15) is 5.54 Å². The van der Waals surface area contributed by atoms with Crippen molar-refractivity contribution in [1.29, 1.82) is 0 Å². The predicted octanol–water partition coefficient (Wildman–Crippen LogP) is 1.85. The Morgan fingerprint density at radius 2 is 1.90 bits per heavy atom. The zero-order valence-electron chi connectivity index (χ0n) is 13.1. The van der Waals surface area contributed by atoms with Gasteiger partial charge in [-0.15, -0.1) is 0 Å². The molecule has 1 aliphatic rings. The van der Waals surface area contributed by atoms with Crippen LogP contribution in [-0.2, 0) is 16.0 Å². The topological polar surface area (TPSA) is 41.6 Å². The monoisotopic (exact) mass is 290 g/mol. The lowest BCUT2D eigenvalue weighted by molar-refractivity contribution is -0.159. The summed E-state index contributed by atoms with van der Waals surface area (Å²) in [5.74, 6) is -0.0850. The zero-order chi connectivity index (χ0) is 15.1. The third kappa shape index (κ3) is 3.63. The number of ether oxygens (including phenoxy) is 1. The van der Waals surface area contributed by atoms with Gasteiger partial charge in [0.2, 0.25) is 0 Å². The number of carbonyl (C=O) groups excluding carboxylic acids is 1. The van der Waals surface area contributed by atoms with E-state index in [2.05, 4.69) is 29.3 Å². The van der Waals surface area contributed by atoms with E-state index in [-0.39, 0.29) is 5.97 Å². The van der Waals surface area contributed by atoms with Crippen LogP contribution in [0.3, 0.4) is 0 Å². The van der Waals surface area contributed by atoms with Crippen molar-refractivity contribution < 1.29 is 9.53 Å². The molecule has 2 rings (SSSR count). The van der Waals surface area contributed by atoms with E-state index >= 15 is 0 Å². The summed E-state index contributed by atoms with van der Waals surface area (Å²) in [7, 11) is 0. The van der Waals surface area contributed by atoms with E-state index < -0.39 is 5.54 Å². The average molecular weight is 290 g/mol. The Hall–Kier alpha value is -1.39. The van der Waals surface area contributed by atoms with E-state index in [1.165, 1.54) is 5.56 Å². The Morgan fingerprint density at radius 3 is 2.48 bits per heavy atom. The number of rotatable bonds is 6.